The lowest BCUT2D eigenvalue weighted by Gasteiger charge is -2.14. The summed E-state index contributed by atoms with van der Waals surface area (Å²) < 4.78 is 0. The first-order valence-corrected chi connectivity index (χ1v) is 7.13. The Balaban J connectivity index is 2.52. The molecule has 1 heterocycles. The molecule has 0 atom stereocenters. The lowest BCUT2D eigenvalue weighted by atomic mass is 9.93. The maximum Gasteiger partial charge on any atom is 0.139 e. The van der Waals surface area contributed by atoms with E-state index in [-0.39, 0.29) is 5.41 Å². The second kappa shape index (κ2) is 5.76. The number of Topliss-reactive ketones (excluding diaryl/α,β-unsaturated/α-hetero) is 1. The van der Waals surface area contributed by atoms with Gasteiger partial charge in [0, 0.05) is 17.2 Å². The largest absolute Gasteiger partial charge is 0.299 e. The van der Waals surface area contributed by atoms with Crippen LogP contribution in [0.5, 0.6) is 0 Å². The minimum absolute atomic E-state index is 0.0791. The van der Waals surface area contributed by atoms with E-state index in [9.17, 15) is 4.79 Å². The van der Waals surface area contributed by atoms with Gasteiger partial charge in [-0.05, 0) is 12.3 Å². The Morgan fingerprint density at radius 2 is 2.06 bits per heavy atom. The van der Waals surface area contributed by atoms with Gasteiger partial charge in [0.05, 0.1) is 12.1 Å². The number of hydrogen-bond acceptors (Lipinski definition) is 3. The van der Waals surface area contributed by atoms with Gasteiger partial charge in [0.15, 0.2) is 0 Å². The highest BCUT2D eigenvalue weighted by Gasteiger charge is 2.18. The van der Waals surface area contributed by atoms with Crippen molar-refractivity contribution in [2.24, 2.45) is 5.92 Å². The summed E-state index contributed by atoms with van der Waals surface area (Å²) in [5, 5.41) is 3.04. The van der Waals surface area contributed by atoms with E-state index < -0.39 is 0 Å². The second-order valence-corrected chi connectivity index (χ2v) is 6.97. The van der Waals surface area contributed by atoms with Crippen molar-refractivity contribution >= 4 is 17.1 Å². The number of hydrogen-bond donors (Lipinski definition) is 0. The number of carbonyl (C=O) groups excluding carboxylic acids is 1. The molecule has 0 N–H and O–H groups in total. The van der Waals surface area contributed by atoms with Gasteiger partial charge in [-0.3, -0.25) is 4.79 Å². The number of ketones is 1. The third-order valence-corrected chi connectivity index (χ3v) is 3.52. The second-order valence-electron chi connectivity index (χ2n) is 6.02. The number of rotatable bonds is 5. The maximum absolute atomic E-state index is 11.7. The number of thiazole rings is 1. The van der Waals surface area contributed by atoms with Crippen LogP contribution in [0.3, 0.4) is 0 Å². The maximum atomic E-state index is 11.7. The molecule has 2 nitrogen and oxygen atoms in total. The first-order valence-electron chi connectivity index (χ1n) is 6.25. The number of carbonyl (C=O) groups is 1. The molecule has 0 unspecified atom stereocenters. The van der Waals surface area contributed by atoms with Crippen LogP contribution in [0.25, 0.3) is 0 Å². The van der Waals surface area contributed by atoms with Crippen molar-refractivity contribution in [3.8, 4) is 0 Å². The molecule has 0 spiro atoms. The Morgan fingerprint density at radius 1 is 1.41 bits per heavy atom. The molecule has 3 heteroatoms. The fourth-order valence-corrected chi connectivity index (χ4v) is 2.49. The highest BCUT2D eigenvalue weighted by Crippen LogP contribution is 2.24. The Hall–Kier alpha value is -0.700. The molecule has 0 saturated heterocycles. The van der Waals surface area contributed by atoms with Gasteiger partial charge in [0.1, 0.15) is 10.8 Å². The van der Waals surface area contributed by atoms with E-state index in [2.05, 4.69) is 45.0 Å². The summed E-state index contributed by atoms with van der Waals surface area (Å²) in [7, 11) is 0. The van der Waals surface area contributed by atoms with Crippen LogP contribution in [-0.4, -0.2) is 10.8 Å². The summed E-state index contributed by atoms with van der Waals surface area (Å²) in [5.41, 5.74) is 1.17. The summed E-state index contributed by atoms with van der Waals surface area (Å²) in [6, 6.07) is 0. The molecule has 17 heavy (non-hydrogen) atoms. The zero-order valence-electron chi connectivity index (χ0n) is 11.5. The van der Waals surface area contributed by atoms with E-state index in [0.717, 1.165) is 17.1 Å². The van der Waals surface area contributed by atoms with Crippen LogP contribution in [0.4, 0.5) is 0 Å². The van der Waals surface area contributed by atoms with Crippen molar-refractivity contribution in [2.75, 3.05) is 0 Å². The lowest BCUT2D eigenvalue weighted by molar-refractivity contribution is -0.118. The van der Waals surface area contributed by atoms with Gasteiger partial charge in [0.25, 0.3) is 0 Å². The molecule has 1 aromatic rings. The molecule has 0 bridgehead atoms. The van der Waals surface area contributed by atoms with Gasteiger partial charge in [-0.15, -0.1) is 11.3 Å². The fourth-order valence-electron chi connectivity index (χ4n) is 1.44. The molecule has 0 radical (unpaired) electrons. The van der Waals surface area contributed by atoms with Gasteiger partial charge in [0.2, 0.25) is 0 Å². The number of aromatic nitrogens is 1. The smallest absolute Gasteiger partial charge is 0.139 e. The van der Waals surface area contributed by atoms with Gasteiger partial charge < -0.3 is 0 Å². The average molecular weight is 253 g/mol. The lowest BCUT2D eigenvalue weighted by Crippen LogP contribution is -2.12. The third-order valence-electron chi connectivity index (χ3n) is 2.67. The Kier molecular flexibility index (Phi) is 4.87. The van der Waals surface area contributed by atoms with Crippen LogP contribution in [0.1, 0.15) is 58.2 Å². The van der Waals surface area contributed by atoms with Crippen LogP contribution < -0.4 is 0 Å². The Morgan fingerprint density at radius 3 is 2.53 bits per heavy atom. The van der Waals surface area contributed by atoms with Gasteiger partial charge >= 0.3 is 0 Å². The van der Waals surface area contributed by atoms with Crippen LogP contribution in [0.2, 0.25) is 0 Å². The van der Waals surface area contributed by atoms with Crippen LogP contribution in [0, 0.1) is 5.92 Å². The molecule has 0 amide bonds. The van der Waals surface area contributed by atoms with Crippen molar-refractivity contribution in [3.05, 3.63) is 16.1 Å². The van der Waals surface area contributed by atoms with E-state index in [0.29, 0.717) is 24.5 Å². The average Bonchev–Trinajstić information content (AvgIpc) is 2.62. The fraction of sp³-hybridized carbons (Fsp3) is 0.714. The molecule has 0 aliphatic rings. The summed E-state index contributed by atoms with van der Waals surface area (Å²) in [4.78, 5) is 16.3. The van der Waals surface area contributed by atoms with E-state index in [1.807, 2.05) is 0 Å². The standard InChI is InChI=1S/C14H23NOS/c1-10(2)6-7-11(16)8-13-15-12(9-17-13)14(3,4)5/h9-10H,6-8H2,1-5H3. The van der Waals surface area contributed by atoms with Crippen molar-refractivity contribution in [2.45, 2.75) is 59.3 Å². The SMILES string of the molecule is CC(C)CCC(=O)Cc1nc(C(C)(C)C)cs1. The predicted molar refractivity (Wildman–Crippen MR) is 73.6 cm³/mol. The predicted octanol–water partition coefficient (Wildman–Crippen LogP) is 3.99. The van der Waals surface area contributed by atoms with Gasteiger partial charge in [-0.25, -0.2) is 4.98 Å². The Bertz CT molecular complexity index is 374. The van der Waals surface area contributed by atoms with Crippen LogP contribution in [-0.2, 0) is 16.6 Å². The van der Waals surface area contributed by atoms with E-state index in [4.69, 9.17) is 0 Å². The minimum Gasteiger partial charge on any atom is -0.299 e. The van der Waals surface area contributed by atoms with Crippen molar-refractivity contribution in [3.63, 3.8) is 0 Å². The normalized spacial score (nSPS) is 12.1. The molecular weight excluding hydrogens is 230 g/mol. The van der Waals surface area contributed by atoms with E-state index in [1.54, 1.807) is 11.3 Å². The van der Waals surface area contributed by atoms with E-state index >= 15 is 0 Å². The monoisotopic (exact) mass is 253 g/mol. The summed E-state index contributed by atoms with van der Waals surface area (Å²) in [6.45, 7) is 10.7. The molecule has 96 valence electrons. The molecule has 1 rings (SSSR count). The molecule has 0 aliphatic heterocycles. The van der Waals surface area contributed by atoms with Crippen molar-refractivity contribution in [1.29, 1.82) is 0 Å². The summed E-state index contributed by atoms with van der Waals surface area (Å²) in [5.74, 6) is 0.911. The third kappa shape index (κ3) is 4.99. The molecule has 0 saturated carbocycles. The molecule has 0 fully saturated rings. The van der Waals surface area contributed by atoms with Crippen molar-refractivity contribution < 1.29 is 4.79 Å². The molecule has 0 aliphatic carbocycles. The first-order chi connectivity index (χ1) is 7.79. The zero-order valence-corrected chi connectivity index (χ0v) is 12.4. The topological polar surface area (TPSA) is 30.0 Å². The summed E-state index contributed by atoms with van der Waals surface area (Å²) >= 11 is 1.61. The van der Waals surface area contributed by atoms with Crippen molar-refractivity contribution in [1.82, 2.24) is 4.98 Å². The van der Waals surface area contributed by atoms with Gasteiger partial charge in [-0.1, -0.05) is 34.6 Å². The van der Waals surface area contributed by atoms with Crippen LogP contribution in [0.15, 0.2) is 5.38 Å². The Labute approximate surface area is 108 Å². The summed E-state index contributed by atoms with van der Waals surface area (Å²) in [6.07, 6.45) is 2.17. The van der Waals surface area contributed by atoms with E-state index in [1.165, 1.54) is 0 Å². The quantitative estimate of drug-likeness (QED) is 0.794. The van der Waals surface area contributed by atoms with Crippen LogP contribution >= 0.6 is 11.3 Å². The molecule has 0 aromatic carbocycles. The first kappa shape index (κ1) is 14.4. The highest BCUT2D eigenvalue weighted by molar-refractivity contribution is 7.09. The molecule has 1 aromatic heterocycles. The zero-order chi connectivity index (χ0) is 13.1. The highest BCUT2D eigenvalue weighted by atomic mass is 32.1. The van der Waals surface area contributed by atoms with Gasteiger partial charge in [-0.2, -0.15) is 0 Å². The number of nitrogens with zero attached hydrogens (tertiary/aromatic N) is 1. The molecular formula is C14H23NOS. The minimum atomic E-state index is 0.0791.